The average Bonchev–Trinajstić information content (AvgIpc) is 3.13. The number of amides is 2. The van der Waals surface area contributed by atoms with Crippen molar-refractivity contribution in [2.45, 2.75) is 36.0 Å². The molecule has 4 aromatic carbocycles. The lowest BCUT2D eigenvalue weighted by molar-refractivity contribution is -0.387. The Hall–Kier alpha value is -4.96. The number of carbonyl (C=O) groups is 2. The molecule has 0 atom stereocenters. The summed E-state index contributed by atoms with van der Waals surface area (Å²) in [4.78, 5) is 44.7. The van der Waals surface area contributed by atoms with Gasteiger partial charge >= 0.3 is 47.4 Å². The van der Waals surface area contributed by atoms with Crippen LogP contribution in [0.1, 0.15) is 31.8 Å². The van der Waals surface area contributed by atoms with Gasteiger partial charge in [-0.15, -0.1) is 0 Å². The SMILES string of the molecule is CN(C(=O)c1cccc([N+](=O)[O-])c1F)c1c(Cl)cc(C(F)(C(F)(F)F)C(F)(F)F)cc1Br.O=C(Nc1c(Cl)cc(C(F)(C(F)(F)F)C(F)(F)F)cc1Br)c1cccc([N+](=O)[O-])c1F. The number of benzene rings is 4. The van der Waals surface area contributed by atoms with E-state index in [1.165, 1.54) is 0 Å². The van der Waals surface area contributed by atoms with Crippen molar-refractivity contribution in [1.29, 1.82) is 0 Å². The van der Waals surface area contributed by atoms with Crippen molar-refractivity contribution >= 4 is 89.6 Å². The van der Waals surface area contributed by atoms with Crippen LogP contribution in [0.4, 0.5) is 93.0 Å². The van der Waals surface area contributed by atoms with Gasteiger partial charge in [0.2, 0.25) is 11.6 Å². The summed E-state index contributed by atoms with van der Waals surface area (Å²) in [5.74, 6) is -5.73. The lowest BCUT2D eigenvalue weighted by Crippen LogP contribution is -2.50. The summed E-state index contributed by atoms with van der Waals surface area (Å²) in [7, 11) is 0.919. The molecular formula is C33H14Br2Cl2F16N4O6. The summed E-state index contributed by atoms with van der Waals surface area (Å²) in [6.45, 7) is 0. The van der Waals surface area contributed by atoms with E-state index in [1.807, 2.05) is 5.32 Å². The molecule has 0 bridgehead atoms. The van der Waals surface area contributed by atoms with Gasteiger partial charge in [-0.3, -0.25) is 29.8 Å². The molecule has 0 spiro atoms. The van der Waals surface area contributed by atoms with Crippen LogP contribution in [-0.4, -0.2) is 53.4 Å². The Bertz CT molecular complexity index is 2410. The van der Waals surface area contributed by atoms with E-state index < -0.39 is 133 Å². The van der Waals surface area contributed by atoms with Gasteiger partial charge in [0.05, 0.1) is 42.4 Å². The van der Waals surface area contributed by atoms with E-state index >= 15 is 0 Å². The van der Waals surface area contributed by atoms with E-state index in [0.717, 1.165) is 43.4 Å². The number of carbonyl (C=O) groups excluding carboxylic acids is 2. The quantitative estimate of drug-likeness (QED) is 0.106. The number of halogens is 20. The molecule has 342 valence electrons. The van der Waals surface area contributed by atoms with E-state index in [0.29, 0.717) is 4.90 Å². The van der Waals surface area contributed by atoms with Gasteiger partial charge in [0.25, 0.3) is 11.8 Å². The molecule has 0 fully saturated rings. The summed E-state index contributed by atoms with van der Waals surface area (Å²) in [5, 5.41) is 21.6. The Morgan fingerprint density at radius 3 is 1.35 bits per heavy atom. The minimum atomic E-state index is -6.40. The first-order valence-corrected chi connectivity index (χ1v) is 17.9. The first kappa shape index (κ1) is 52.4. The van der Waals surface area contributed by atoms with Gasteiger partial charge in [0.15, 0.2) is 0 Å². The molecule has 0 heterocycles. The van der Waals surface area contributed by atoms with Gasteiger partial charge < -0.3 is 10.2 Å². The molecule has 0 saturated carbocycles. The van der Waals surface area contributed by atoms with Gasteiger partial charge in [-0.05, 0) is 68.3 Å². The number of nitrogens with zero attached hydrogens (tertiary/aromatic N) is 3. The Balaban J connectivity index is 0.000000335. The molecule has 4 aromatic rings. The van der Waals surface area contributed by atoms with Gasteiger partial charge in [-0.25, -0.2) is 8.78 Å². The highest BCUT2D eigenvalue weighted by Gasteiger charge is 2.74. The van der Waals surface area contributed by atoms with Gasteiger partial charge in [0.1, 0.15) is 0 Å². The summed E-state index contributed by atoms with van der Waals surface area (Å²) in [6.07, 6.45) is -25.6. The van der Waals surface area contributed by atoms with Crippen LogP contribution >= 0.6 is 55.1 Å². The number of nitro benzene ring substituents is 2. The molecule has 0 aromatic heterocycles. The van der Waals surface area contributed by atoms with Crippen molar-refractivity contribution in [3.05, 3.63) is 134 Å². The second kappa shape index (κ2) is 18.3. The van der Waals surface area contributed by atoms with Crippen molar-refractivity contribution in [1.82, 2.24) is 0 Å². The highest BCUT2D eigenvalue weighted by molar-refractivity contribution is 9.11. The third-order valence-corrected chi connectivity index (χ3v) is 9.94. The van der Waals surface area contributed by atoms with Gasteiger partial charge in [-0.1, -0.05) is 35.3 Å². The number of rotatable bonds is 8. The van der Waals surface area contributed by atoms with Crippen LogP contribution in [0.2, 0.25) is 10.0 Å². The average molecular weight is 1100 g/mol. The smallest absolute Gasteiger partial charge is 0.320 e. The maximum Gasteiger partial charge on any atom is 0.435 e. The molecule has 0 aliphatic carbocycles. The van der Waals surface area contributed by atoms with Crippen LogP contribution < -0.4 is 10.2 Å². The minimum absolute atomic E-state index is 0.00723. The lowest BCUT2D eigenvalue weighted by Gasteiger charge is -2.31. The van der Waals surface area contributed by atoms with Crippen LogP contribution in [0.25, 0.3) is 0 Å². The molecule has 0 aliphatic rings. The van der Waals surface area contributed by atoms with E-state index in [9.17, 15) is 100 Å². The van der Waals surface area contributed by atoms with Crippen LogP contribution in [0.5, 0.6) is 0 Å². The van der Waals surface area contributed by atoms with Crippen LogP contribution in [0.3, 0.4) is 0 Å². The zero-order chi connectivity index (χ0) is 48.7. The number of nitro groups is 2. The van der Waals surface area contributed by atoms with Gasteiger partial charge in [-0.2, -0.15) is 61.5 Å². The Morgan fingerprint density at radius 2 is 0.984 bits per heavy atom. The van der Waals surface area contributed by atoms with Crippen LogP contribution in [-0.2, 0) is 11.3 Å². The van der Waals surface area contributed by atoms with Crippen LogP contribution in [0, 0.1) is 31.9 Å². The number of nitrogens with one attached hydrogen (secondary N) is 1. The molecule has 1 N–H and O–H groups in total. The Labute approximate surface area is 365 Å². The number of hydrogen-bond acceptors (Lipinski definition) is 6. The molecule has 0 saturated heterocycles. The number of hydrogen-bond donors (Lipinski definition) is 1. The first-order chi connectivity index (χ1) is 28.5. The molecule has 0 radical (unpaired) electrons. The largest absolute Gasteiger partial charge is 0.435 e. The normalized spacial score (nSPS) is 12.6. The molecular weight excluding hydrogens is 1080 g/mol. The van der Waals surface area contributed by atoms with E-state index in [4.69, 9.17) is 23.2 Å². The zero-order valence-electron chi connectivity index (χ0n) is 29.6. The van der Waals surface area contributed by atoms with Crippen molar-refractivity contribution < 1.29 is 89.7 Å². The Morgan fingerprint density at radius 1 is 0.619 bits per heavy atom. The summed E-state index contributed by atoms with van der Waals surface area (Å²) < 4.78 is 211. The maximum atomic E-state index is 14.3. The summed E-state index contributed by atoms with van der Waals surface area (Å²) in [6, 6.07) is 5.36. The van der Waals surface area contributed by atoms with Crippen molar-refractivity contribution in [2.24, 2.45) is 0 Å². The predicted molar refractivity (Wildman–Crippen MR) is 195 cm³/mol. The highest BCUT2D eigenvalue weighted by atomic mass is 79.9. The topological polar surface area (TPSA) is 136 Å². The van der Waals surface area contributed by atoms with Crippen molar-refractivity contribution in [2.75, 3.05) is 17.3 Å². The second-order valence-corrected chi connectivity index (χ2v) is 14.5. The fourth-order valence-corrected chi connectivity index (χ4v) is 7.20. The van der Waals surface area contributed by atoms with E-state index in [-0.39, 0.29) is 24.3 Å². The third-order valence-electron chi connectivity index (χ3n) is 8.12. The fourth-order valence-electron chi connectivity index (χ4n) is 5.08. The molecule has 30 heteroatoms. The molecule has 2 amide bonds. The molecule has 0 unspecified atom stereocenters. The third kappa shape index (κ3) is 10.1. The van der Waals surface area contributed by atoms with Crippen molar-refractivity contribution in [3.8, 4) is 0 Å². The molecule has 10 nitrogen and oxygen atoms in total. The highest BCUT2D eigenvalue weighted by Crippen LogP contribution is 2.56. The second-order valence-electron chi connectivity index (χ2n) is 12.0. The van der Waals surface area contributed by atoms with Crippen molar-refractivity contribution in [3.63, 3.8) is 0 Å². The fraction of sp³-hybridized carbons (Fsp3) is 0.212. The number of alkyl halides is 14. The number of anilines is 2. The maximum absolute atomic E-state index is 14.3. The lowest BCUT2D eigenvalue weighted by atomic mass is 9.94. The monoisotopic (exact) mass is 1090 g/mol. The van der Waals surface area contributed by atoms with E-state index in [2.05, 4.69) is 31.9 Å². The van der Waals surface area contributed by atoms with E-state index in [1.54, 1.807) is 0 Å². The summed E-state index contributed by atoms with van der Waals surface area (Å²) >= 11 is 16.6. The predicted octanol–water partition coefficient (Wildman–Crippen LogP) is 13.4. The molecule has 4 rings (SSSR count). The standard InChI is InChI=1S/C17H8BrClF8N2O3.C16H6BrClF8N2O3/c1-28(14(30)8-3-2-4-11(12(8)20)29(31)32)13-9(18)5-7(6-10(13)19)15(21,16(22,23)24)17(25,26)27;17-8-4-6(14(20,15(21,22)23)16(24,25)26)5-9(18)12(8)27-13(29)7-2-1-3-10(11(7)19)28(30)31/h2-6H,1H3;1-5H,(H,27,29). The first-order valence-electron chi connectivity index (χ1n) is 15.6. The molecule has 0 aliphatic heterocycles. The molecule has 63 heavy (non-hydrogen) atoms. The Kier molecular flexibility index (Phi) is 15.2. The van der Waals surface area contributed by atoms with Gasteiger partial charge in [0, 0.05) is 39.3 Å². The zero-order valence-corrected chi connectivity index (χ0v) is 34.3. The minimum Gasteiger partial charge on any atom is -0.320 e. The summed E-state index contributed by atoms with van der Waals surface area (Å²) in [5.41, 5.74) is -20.4. The van der Waals surface area contributed by atoms with Crippen LogP contribution in [0.15, 0.2) is 69.6 Å².